The molecule has 0 aromatic rings. The van der Waals surface area contributed by atoms with Crippen LogP contribution in [0.1, 0.15) is 66.2 Å². The van der Waals surface area contributed by atoms with E-state index in [9.17, 15) is 0 Å². The van der Waals surface area contributed by atoms with Gasteiger partial charge in [0.15, 0.2) is 0 Å². The van der Waals surface area contributed by atoms with Crippen molar-refractivity contribution in [2.45, 2.75) is 76.8 Å². The first kappa shape index (κ1) is 15.3. The summed E-state index contributed by atoms with van der Waals surface area (Å²) in [5.74, 6) is 0. The summed E-state index contributed by atoms with van der Waals surface area (Å²) in [6.07, 6.45) is 10.8. The van der Waals surface area contributed by atoms with E-state index in [4.69, 9.17) is 0 Å². The Hall–Kier alpha value is 0.272. The predicted octanol–water partition coefficient (Wildman–Crippen LogP) is 5.37. The van der Waals surface area contributed by atoms with Gasteiger partial charge in [0, 0.05) is 0 Å². The molecule has 0 fully saturated rings. The fourth-order valence-corrected chi connectivity index (χ4v) is 4.90. The number of allylic oxidation sites excluding steroid dienone is 2. The maximum absolute atomic E-state index is 2.60. The molecule has 0 unspecified atom stereocenters. The zero-order valence-corrected chi connectivity index (χ0v) is 12.5. The lowest BCUT2D eigenvalue weighted by Crippen LogP contribution is -2.13. The largest absolute Gasteiger partial charge is 0.298 e. The molecule has 1 heteroatoms. The van der Waals surface area contributed by atoms with Crippen LogP contribution < -0.4 is 0 Å². The minimum Gasteiger partial charge on any atom is -0.134 e. The van der Waals surface area contributed by atoms with Crippen molar-refractivity contribution < 1.29 is 0 Å². The summed E-state index contributed by atoms with van der Waals surface area (Å²) in [7, 11) is 0. The highest BCUT2D eigenvalue weighted by Crippen LogP contribution is 2.18. The second-order valence-corrected chi connectivity index (χ2v) is 8.31. The quantitative estimate of drug-likeness (QED) is 0.365. The van der Waals surface area contributed by atoms with Gasteiger partial charge in [-0.15, -0.1) is 10.5 Å². The summed E-state index contributed by atoms with van der Waals surface area (Å²) in [6, 6.07) is 0. The maximum Gasteiger partial charge on any atom is 0.298 e. The van der Waals surface area contributed by atoms with E-state index < -0.39 is 14.1 Å². The Bertz CT molecular complexity index is 157. The molecule has 0 aromatic carbocycles. The van der Waals surface area contributed by atoms with Crippen molar-refractivity contribution in [1.82, 2.24) is 0 Å². The SMILES string of the molecule is CCCC/C=[C](/CCCC)[Al]([CH2]C)[CH2]C. The van der Waals surface area contributed by atoms with Gasteiger partial charge < -0.3 is 0 Å². The molecular weight excluding hydrogens is 195 g/mol. The van der Waals surface area contributed by atoms with Gasteiger partial charge in [-0.2, -0.15) is 0 Å². The molecule has 0 saturated heterocycles. The minimum atomic E-state index is -0.520. The summed E-state index contributed by atoms with van der Waals surface area (Å²) in [5, 5.41) is 2.91. The molecule has 0 aliphatic rings. The molecule has 0 aromatic heterocycles. The van der Waals surface area contributed by atoms with E-state index in [-0.39, 0.29) is 0 Å². The van der Waals surface area contributed by atoms with Crippen LogP contribution in [0, 0.1) is 0 Å². The molecule has 0 saturated carbocycles. The van der Waals surface area contributed by atoms with Crippen molar-refractivity contribution in [3.63, 3.8) is 0 Å². The Morgan fingerprint density at radius 3 is 2.00 bits per heavy atom. The second kappa shape index (κ2) is 10.8. The van der Waals surface area contributed by atoms with Crippen LogP contribution in [0.3, 0.4) is 0 Å². The van der Waals surface area contributed by atoms with Gasteiger partial charge in [0.2, 0.25) is 0 Å². The monoisotopic (exact) mass is 224 g/mol. The van der Waals surface area contributed by atoms with Gasteiger partial charge in [0.25, 0.3) is 14.1 Å². The van der Waals surface area contributed by atoms with Crippen LogP contribution in [0.15, 0.2) is 10.5 Å². The first-order chi connectivity index (χ1) is 7.29. The van der Waals surface area contributed by atoms with Crippen molar-refractivity contribution in [3.05, 3.63) is 10.5 Å². The van der Waals surface area contributed by atoms with E-state index >= 15 is 0 Å². The van der Waals surface area contributed by atoms with Crippen LogP contribution in [-0.4, -0.2) is 14.1 Å². The van der Waals surface area contributed by atoms with Crippen LogP contribution in [0.25, 0.3) is 0 Å². The van der Waals surface area contributed by atoms with Crippen molar-refractivity contribution in [1.29, 1.82) is 0 Å². The van der Waals surface area contributed by atoms with E-state index in [0.717, 1.165) is 0 Å². The van der Waals surface area contributed by atoms with Crippen LogP contribution >= 0.6 is 0 Å². The predicted molar refractivity (Wildman–Crippen MR) is 73.8 cm³/mol. The number of hydrogen-bond acceptors (Lipinski definition) is 0. The molecule has 0 rings (SSSR count). The molecule has 0 amide bonds. The van der Waals surface area contributed by atoms with E-state index in [1.807, 2.05) is 4.44 Å². The van der Waals surface area contributed by atoms with Crippen LogP contribution in [0.2, 0.25) is 10.6 Å². The van der Waals surface area contributed by atoms with Gasteiger partial charge in [-0.25, -0.2) is 0 Å². The molecule has 0 atom stereocenters. The number of hydrogen-bond donors (Lipinski definition) is 0. The smallest absolute Gasteiger partial charge is 0.134 e. The van der Waals surface area contributed by atoms with Crippen LogP contribution in [0.5, 0.6) is 0 Å². The van der Waals surface area contributed by atoms with Gasteiger partial charge in [0.05, 0.1) is 0 Å². The highest BCUT2D eigenvalue weighted by molar-refractivity contribution is 6.66. The fraction of sp³-hybridized carbons (Fsp3) is 0.857. The van der Waals surface area contributed by atoms with E-state index in [2.05, 4.69) is 33.8 Å². The van der Waals surface area contributed by atoms with Gasteiger partial charge in [-0.3, -0.25) is 0 Å². The highest BCUT2D eigenvalue weighted by atomic mass is 27.2. The topological polar surface area (TPSA) is 0 Å². The average Bonchev–Trinajstić information content (AvgIpc) is 2.26. The molecular formula is C14H29Al. The van der Waals surface area contributed by atoms with Gasteiger partial charge in [-0.05, 0) is 12.8 Å². The Balaban J connectivity index is 4.20. The summed E-state index contributed by atoms with van der Waals surface area (Å²) in [6.45, 7) is 9.37. The third-order valence-corrected chi connectivity index (χ3v) is 6.84. The van der Waals surface area contributed by atoms with Crippen molar-refractivity contribution in [2.75, 3.05) is 0 Å². The standard InChI is InChI=1S/C10H19.2C2H5.Al/c1-3-5-7-9-10-8-6-4-2;2*1-2;/h9H,3-8H2,1-2H3;2*1H2,2H3;. The zero-order valence-electron chi connectivity index (χ0n) is 11.3. The lowest BCUT2D eigenvalue weighted by atomic mass is 10.2. The molecule has 88 valence electrons. The summed E-state index contributed by atoms with van der Waals surface area (Å²) in [5.41, 5.74) is 0. The third kappa shape index (κ3) is 7.21. The average molecular weight is 224 g/mol. The fourth-order valence-electron chi connectivity index (χ4n) is 2.16. The summed E-state index contributed by atoms with van der Waals surface area (Å²) < 4.78 is 1.88. The van der Waals surface area contributed by atoms with Gasteiger partial charge in [-0.1, -0.05) is 63.9 Å². The van der Waals surface area contributed by atoms with Gasteiger partial charge >= 0.3 is 0 Å². The number of rotatable bonds is 9. The van der Waals surface area contributed by atoms with E-state index in [1.54, 1.807) is 0 Å². The lowest BCUT2D eigenvalue weighted by Gasteiger charge is -2.12. The molecule has 0 heterocycles. The van der Waals surface area contributed by atoms with Crippen LogP contribution in [-0.2, 0) is 0 Å². The number of unbranched alkanes of at least 4 members (excludes halogenated alkanes) is 3. The maximum atomic E-state index is 2.60. The zero-order chi connectivity index (χ0) is 11.5. The lowest BCUT2D eigenvalue weighted by molar-refractivity contribution is 0.783. The second-order valence-electron chi connectivity index (χ2n) is 4.54. The summed E-state index contributed by atoms with van der Waals surface area (Å²) in [4.78, 5) is 0. The summed E-state index contributed by atoms with van der Waals surface area (Å²) >= 11 is -0.520. The van der Waals surface area contributed by atoms with E-state index in [1.165, 1.54) is 49.1 Å². The minimum absolute atomic E-state index is 0.520. The molecule has 0 bridgehead atoms. The first-order valence-corrected chi connectivity index (χ1v) is 9.19. The Kier molecular flexibility index (Phi) is 11.0. The Morgan fingerprint density at radius 1 is 0.933 bits per heavy atom. The Morgan fingerprint density at radius 2 is 1.53 bits per heavy atom. The molecule has 15 heavy (non-hydrogen) atoms. The molecule has 0 aliphatic carbocycles. The molecule has 0 spiro atoms. The molecule has 0 radical (unpaired) electrons. The highest BCUT2D eigenvalue weighted by Gasteiger charge is 2.16. The van der Waals surface area contributed by atoms with Crippen molar-refractivity contribution >= 4 is 14.1 Å². The van der Waals surface area contributed by atoms with Gasteiger partial charge in [0.1, 0.15) is 0 Å². The Labute approximate surface area is 102 Å². The van der Waals surface area contributed by atoms with Crippen molar-refractivity contribution in [2.24, 2.45) is 0 Å². The first-order valence-electron chi connectivity index (χ1n) is 6.98. The third-order valence-electron chi connectivity index (χ3n) is 3.29. The normalized spacial score (nSPS) is 11.9. The molecule has 0 nitrogen and oxygen atoms in total. The van der Waals surface area contributed by atoms with E-state index in [0.29, 0.717) is 0 Å². The molecule has 0 N–H and O–H groups in total. The van der Waals surface area contributed by atoms with Crippen molar-refractivity contribution in [3.8, 4) is 0 Å². The molecule has 0 aliphatic heterocycles. The van der Waals surface area contributed by atoms with Crippen LogP contribution in [0.4, 0.5) is 0 Å².